The number of amides is 1. The highest BCUT2D eigenvalue weighted by Crippen LogP contribution is 2.34. The Kier molecular flexibility index (Phi) is 4.39. The zero-order valence-electron chi connectivity index (χ0n) is 10.6. The van der Waals surface area contributed by atoms with Crippen LogP contribution >= 0.6 is 24.0 Å². The summed E-state index contributed by atoms with van der Waals surface area (Å²) in [6, 6.07) is 5.82. The van der Waals surface area contributed by atoms with Crippen molar-refractivity contribution in [3.63, 3.8) is 0 Å². The lowest BCUT2D eigenvalue weighted by atomic mass is 10.0. The van der Waals surface area contributed by atoms with Gasteiger partial charge in [-0.2, -0.15) is 0 Å². The molecule has 2 N–H and O–H groups in total. The average Bonchev–Trinajstić information content (AvgIpc) is 2.94. The predicted octanol–water partition coefficient (Wildman–Crippen LogP) is 2.78. The molecule has 2 aliphatic rings. The van der Waals surface area contributed by atoms with Gasteiger partial charge >= 0.3 is 0 Å². The SMILES string of the molecule is Cl.NC1CCCC1C(=O)N1CCc2ccc(Cl)cc21. The molecule has 1 fully saturated rings. The standard InChI is InChI=1S/C14H17ClN2O.ClH/c15-10-5-4-9-6-7-17(13(9)8-10)14(18)11-2-1-3-12(11)16;/h4-5,8,11-12H,1-3,6-7,16H2;1H. The summed E-state index contributed by atoms with van der Waals surface area (Å²) in [5, 5.41) is 0.684. The maximum atomic E-state index is 12.5. The molecule has 0 saturated heterocycles. The second kappa shape index (κ2) is 5.70. The highest BCUT2D eigenvalue weighted by atomic mass is 35.5. The molecule has 1 aromatic carbocycles. The van der Waals surface area contributed by atoms with Crippen LogP contribution in [0.3, 0.4) is 0 Å². The van der Waals surface area contributed by atoms with Crippen molar-refractivity contribution in [3.8, 4) is 0 Å². The maximum Gasteiger partial charge on any atom is 0.231 e. The van der Waals surface area contributed by atoms with Crippen molar-refractivity contribution < 1.29 is 4.79 Å². The number of anilines is 1. The fourth-order valence-corrected chi connectivity index (χ4v) is 3.24. The zero-order valence-corrected chi connectivity index (χ0v) is 12.2. The van der Waals surface area contributed by atoms with Gasteiger partial charge in [-0.15, -0.1) is 12.4 Å². The first-order valence-corrected chi connectivity index (χ1v) is 6.90. The third kappa shape index (κ3) is 2.60. The summed E-state index contributed by atoms with van der Waals surface area (Å²) < 4.78 is 0. The predicted molar refractivity (Wildman–Crippen MR) is 80.1 cm³/mol. The quantitative estimate of drug-likeness (QED) is 0.867. The van der Waals surface area contributed by atoms with Gasteiger partial charge in [0.15, 0.2) is 0 Å². The van der Waals surface area contributed by atoms with E-state index in [-0.39, 0.29) is 30.3 Å². The van der Waals surface area contributed by atoms with Crippen molar-refractivity contribution in [2.45, 2.75) is 31.7 Å². The Bertz CT molecular complexity index is 492. The second-order valence-electron chi connectivity index (χ2n) is 5.21. The largest absolute Gasteiger partial charge is 0.327 e. The first-order chi connectivity index (χ1) is 8.66. The summed E-state index contributed by atoms with van der Waals surface area (Å²) in [5.74, 6) is 0.177. The Morgan fingerprint density at radius 3 is 2.84 bits per heavy atom. The first kappa shape index (κ1) is 14.6. The smallest absolute Gasteiger partial charge is 0.231 e. The van der Waals surface area contributed by atoms with Gasteiger partial charge in [0.25, 0.3) is 0 Å². The van der Waals surface area contributed by atoms with Crippen molar-refractivity contribution in [1.82, 2.24) is 0 Å². The molecular formula is C14H18Cl2N2O. The van der Waals surface area contributed by atoms with Crippen LogP contribution in [-0.4, -0.2) is 18.5 Å². The van der Waals surface area contributed by atoms with Crippen LogP contribution in [0, 0.1) is 5.92 Å². The van der Waals surface area contributed by atoms with Crippen molar-refractivity contribution >= 4 is 35.6 Å². The third-order valence-corrected chi connectivity index (χ3v) is 4.33. The number of rotatable bonds is 1. The zero-order chi connectivity index (χ0) is 12.7. The molecule has 0 spiro atoms. The Morgan fingerprint density at radius 1 is 1.37 bits per heavy atom. The molecule has 1 aliphatic carbocycles. The number of carbonyl (C=O) groups is 1. The van der Waals surface area contributed by atoms with Crippen LogP contribution in [0.5, 0.6) is 0 Å². The third-order valence-electron chi connectivity index (χ3n) is 4.10. The van der Waals surface area contributed by atoms with Crippen LogP contribution in [0.1, 0.15) is 24.8 Å². The minimum atomic E-state index is -0.00469. The molecule has 3 nitrogen and oxygen atoms in total. The lowest BCUT2D eigenvalue weighted by Gasteiger charge is -2.23. The van der Waals surface area contributed by atoms with Gasteiger partial charge in [-0.3, -0.25) is 4.79 Å². The molecule has 1 saturated carbocycles. The van der Waals surface area contributed by atoms with Crippen LogP contribution in [0.2, 0.25) is 5.02 Å². The Morgan fingerprint density at radius 2 is 2.16 bits per heavy atom. The highest BCUT2D eigenvalue weighted by molar-refractivity contribution is 6.31. The van der Waals surface area contributed by atoms with Crippen LogP contribution in [-0.2, 0) is 11.2 Å². The summed E-state index contributed by atoms with van der Waals surface area (Å²) in [4.78, 5) is 14.4. The van der Waals surface area contributed by atoms with Gasteiger partial charge in [0.1, 0.15) is 0 Å². The van der Waals surface area contributed by atoms with Crippen LogP contribution < -0.4 is 10.6 Å². The van der Waals surface area contributed by atoms with E-state index in [1.54, 1.807) is 0 Å². The van der Waals surface area contributed by atoms with E-state index in [1.165, 1.54) is 5.56 Å². The molecule has 1 aromatic rings. The van der Waals surface area contributed by atoms with Crippen molar-refractivity contribution in [1.29, 1.82) is 0 Å². The first-order valence-electron chi connectivity index (χ1n) is 6.52. The second-order valence-corrected chi connectivity index (χ2v) is 5.65. The lowest BCUT2D eigenvalue weighted by molar-refractivity contribution is -0.122. The van der Waals surface area contributed by atoms with E-state index >= 15 is 0 Å². The molecule has 1 heterocycles. The summed E-state index contributed by atoms with van der Waals surface area (Å²) >= 11 is 6.02. The Labute approximate surface area is 124 Å². The van der Waals surface area contributed by atoms with Crippen molar-refractivity contribution in [3.05, 3.63) is 28.8 Å². The number of fused-ring (bicyclic) bond motifs is 1. The van der Waals surface area contributed by atoms with Crippen molar-refractivity contribution in [2.75, 3.05) is 11.4 Å². The molecule has 2 atom stereocenters. The molecule has 1 aliphatic heterocycles. The molecule has 0 bridgehead atoms. The van der Waals surface area contributed by atoms with Gasteiger partial charge in [0.05, 0.1) is 5.92 Å². The van der Waals surface area contributed by atoms with E-state index in [2.05, 4.69) is 0 Å². The van der Waals surface area contributed by atoms with E-state index in [0.29, 0.717) is 5.02 Å². The molecule has 2 unspecified atom stereocenters. The van der Waals surface area contributed by atoms with E-state index in [9.17, 15) is 4.79 Å². The molecule has 0 aromatic heterocycles. The van der Waals surface area contributed by atoms with Gasteiger partial charge in [0, 0.05) is 23.3 Å². The van der Waals surface area contributed by atoms with Crippen LogP contribution in [0.4, 0.5) is 5.69 Å². The van der Waals surface area contributed by atoms with Gasteiger partial charge in [0.2, 0.25) is 5.91 Å². The molecule has 19 heavy (non-hydrogen) atoms. The molecule has 1 amide bonds. The van der Waals surface area contributed by atoms with Gasteiger partial charge in [-0.1, -0.05) is 24.1 Å². The molecule has 0 radical (unpaired) electrons. The van der Waals surface area contributed by atoms with Gasteiger partial charge in [-0.25, -0.2) is 0 Å². The normalized spacial score (nSPS) is 25.1. The molecular weight excluding hydrogens is 283 g/mol. The van der Waals surface area contributed by atoms with Crippen LogP contribution in [0.15, 0.2) is 18.2 Å². The number of nitrogens with zero attached hydrogens (tertiary/aromatic N) is 1. The topological polar surface area (TPSA) is 46.3 Å². The van der Waals surface area contributed by atoms with Crippen LogP contribution in [0.25, 0.3) is 0 Å². The highest BCUT2D eigenvalue weighted by Gasteiger charge is 2.36. The van der Waals surface area contributed by atoms with E-state index in [4.69, 9.17) is 17.3 Å². The van der Waals surface area contributed by atoms with Gasteiger partial charge < -0.3 is 10.6 Å². The maximum absolute atomic E-state index is 12.5. The molecule has 104 valence electrons. The fraction of sp³-hybridized carbons (Fsp3) is 0.500. The molecule has 3 rings (SSSR count). The lowest BCUT2D eigenvalue weighted by Crippen LogP contribution is -2.41. The van der Waals surface area contributed by atoms with E-state index in [1.807, 2.05) is 23.1 Å². The number of halogens is 2. The number of benzene rings is 1. The Hall–Kier alpha value is -0.770. The summed E-state index contributed by atoms with van der Waals surface area (Å²) in [6.45, 7) is 0.762. The minimum absolute atomic E-state index is 0. The fourth-order valence-electron chi connectivity index (χ4n) is 3.08. The van der Waals surface area contributed by atoms with E-state index < -0.39 is 0 Å². The number of nitrogens with two attached hydrogens (primary N) is 1. The summed E-state index contributed by atoms with van der Waals surface area (Å²) in [5.41, 5.74) is 8.21. The Balaban J connectivity index is 0.00000133. The monoisotopic (exact) mass is 300 g/mol. The van der Waals surface area contributed by atoms with Gasteiger partial charge in [-0.05, 0) is 37.0 Å². The van der Waals surface area contributed by atoms with Crippen molar-refractivity contribution in [2.24, 2.45) is 11.7 Å². The number of carbonyl (C=O) groups excluding carboxylic acids is 1. The summed E-state index contributed by atoms with van der Waals surface area (Å²) in [7, 11) is 0. The number of hydrogen-bond donors (Lipinski definition) is 1. The average molecular weight is 301 g/mol. The molecule has 5 heteroatoms. The summed E-state index contributed by atoms with van der Waals surface area (Å²) in [6.07, 6.45) is 3.87. The minimum Gasteiger partial charge on any atom is -0.327 e. The number of hydrogen-bond acceptors (Lipinski definition) is 2. The van der Waals surface area contributed by atoms with E-state index in [0.717, 1.165) is 37.9 Å².